The summed E-state index contributed by atoms with van der Waals surface area (Å²) in [5.74, 6) is -1.66. The third-order valence-corrected chi connectivity index (χ3v) is 3.57. The Kier molecular flexibility index (Phi) is 4.48. The van der Waals surface area contributed by atoms with Crippen LogP contribution in [-0.4, -0.2) is 24.8 Å². The minimum Gasteiger partial charge on any atom is -0.386 e. The number of rotatable bonds is 5. The SMILES string of the molecule is O=[N+]([O-])c1cn(CC(O)c2ccc(F)cc2F)nc1-c1ccncc1. The summed E-state index contributed by atoms with van der Waals surface area (Å²) in [5.41, 5.74) is 0.227. The second-order valence-corrected chi connectivity index (χ2v) is 5.26. The molecular weight excluding hydrogens is 334 g/mol. The minimum absolute atomic E-state index is 0.110. The molecule has 0 fully saturated rings. The number of aliphatic hydroxyl groups is 1. The monoisotopic (exact) mass is 346 g/mol. The van der Waals surface area contributed by atoms with E-state index in [1.54, 1.807) is 12.1 Å². The molecule has 0 spiro atoms. The summed E-state index contributed by atoms with van der Waals surface area (Å²) in [4.78, 5) is 14.5. The van der Waals surface area contributed by atoms with Gasteiger partial charge in [-0.3, -0.25) is 19.8 Å². The Morgan fingerprint density at radius 1 is 1.24 bits per heavy atom. The van der Waals surface area contributed by atoms with Gasteiger partial charge in [-0.2, -0.15) is 5.10 Å². The van der Waals surface area contributed by atoms with Crippen LogP contribution in [0.1, 0.15) is 11.7 Å². The Balaban J connectivity index is 1.92. The number of hydrogen-bond donors (Lipinski definition) is 1. The van der Waals surface area contributed by atoms with Gasteiger partial charge in [0.05, 0.1) is 11.5 Å². The van der Waals surface area contributed by atoms with Crippen molar-refractivity contribution in [3.05, 3.63) is 76.2 Å². The highest BCUT2D eigenvalue weighted by Gasteiger charge is 2.23. The van der Waals surface area contributed by atoms with Gasteiger partial charge in [0.25, 0.3) is 0 Å². The lowest BCUT2D eigenvalue weighted by molar-refractivity contribution is -0.384. The third-order valence-electron chi connectivity index (χ3n) is 3.57. The van der Waals surface area contributed by atoms with Crippen LogP contribution in [0.25, 0.3) is 11.3 Å². The Labute approximate surface area is 140 Å². The molecule has 0 saturated carbocycles. The summed E-state index contributed by atoms with van der Waals surface area (Å²) in [6, 6.07) is 5.94. The highest BCUT2D eigenvalue weighted by atomic mass is 19.1. The Morgan fingerprint density at radius 3 is 2.60 bits per heavy atom. The van der Waals surface area contributed by atoms with Crippen molar-refractivity contribution in [3.63, 3.8) is 0 Å². The molecule has 1 aromatic carbocycles. The Bertz CT molecular complexity index is 915. The van der Waals surface area contributed by atoms with E-state index >= 15 is 0 Å². The quantitative estimate of drug-likeness (QED) is 0.566. The van der Waals surface area contributed by atoms with Gasteiger partial charge in [0.1, 0.15) is 23.9 Å². The second-order valence-electron chi connectivity index (χ2n) is 5.26. The van der Waals surface area contributed by atoms with Gasteiger partial charge in [-0.15, -0.1) is 0 Å². The fourth-order valence-corrected chi connectivity index (χ4v) is 2.40. The second kappa shape index (κ2) is 6.73. The van der Waals surface area contributed by atoms with E-state index in [4.69, 9.17) is 0 Å². The van der Waals surface area contributed by atoms with Crippen molar-refractivity contribution in [2.75, 3.05) is 0 Å². The topological polar surface area (TPSA) is 94.1 Å². The molecule has 0 aliphatic carbocycles. The maximum Gasteiger partial charge on any atom is 0.314 e. The normalized spacial score (nSPS) is 12.1. The van der Waals surface area contributed by atoms with Gasteiger partial charge in [-0.05, 0) is 18.2 Å². The smallest absolute Gasteiger partial charge is 0.314 e. The largest absolute Gasteiger partial charge is 0.386 e. The summed E-state index contributed by atoms with van der Waals surface area (Å²) in [6.45, 7) is -0.228. The van der Waals surface area contributed by atoms with Crippen LogP contribution in [0.4, 0.5) is 14.5 Å². The first-order valence-electron chi connectivity index (χ1n) is 7.21. The molecule has 0 saturated heterocycles. The number of pyridine rings is 1. The van der Waals surface area contributed by atoms with Crippen molar-refractivity contribution in [3.8, 4) is 11.3 Å². The Morgan fingerprint density at radius 2 is 1.96 bits per heavy atom. The van der Waals surface area contributed by atoms with E-state index in [1.165, 1.54) is 12.4 Å². The first-order valence-corrected chi connectivity index (χ1v) is 7.21. The van der Waals surface area contributed by atoms with E-state index in [1.807, 2.05) is 0 Å². The van der Waals surface area contributed by atoms with Crippen molar-refractivity contribution < 1.29 is 18.8 Å². The van der Waals surface area contributed by atoms with Crippen LogP contribution in [0.5, 0.6) is 0 Å². The maximum absolute atomic E-state index is 13.7. The van der Waals surface area contributed by atoms with Crippen LogP contribution in [0.2, 0.25) is 0 Å². The van der Waals surface area contributed by atoms with Crippen molar-refractivity contribution in [1.82, 2.24) is 14.8 Å². The molecule has 7 nitrogen and oxygen atoms in total. The standard InChI is InChI=1S/C16H12F2N4O3/c17-11-1-2-12(13(18)7-11)15(23)9-21-8-14(22(24)25)16(20-21)10-3-5-19-6-4-10/h1-8,15,23H,9H2. The third kappa shape index (κ3) is 3.50. The number of hydrogen-bond acceptors (Lipinski definition) is 5. The number of halogens is 2. The van der Waals surface area contributed by atoms with E-state index in [9.17, 15) is 24.0 Å². The molecule has 3 aromatic rings. The molecule has 0 radical (unpaired) electrons. The van der Waals surface area contributed by atoms with Crippen LogP contribution in [0, 0.1) is 21.7 Å². The van der Waals surface area contributed by atoms with Gasteiger partial charge in [-0.25, -0.2) is 8.78 Å². The molecule has 25 heavy (non-hydrogen) atoms. The van der Waals surface area contributed by atoms with Crippen molar-refractivity contribution >= 4 is 5.69 Å². The zero-order chi connectivity index (χ0) is 18.0. The first-order chi connectivity index (χ1) is 12.0. The highest BCUT2D eigenvalue weighted by Crippen LogP contribution is 2.29. The van der Waals surface area contributed by atoms with E-state index in [2.05, 4.69) is 10.1 Å². The number of nitro groups is 1. The number of aromatic nitrogens is 3. The fraction of sp³-hybridized carbons (Fsp3) is 0.125. The lowest BCUT2D eigenvalue weighted by atomic mass is 10.1. The van der Waals surface area contributed by atoms with Gasteiger partial charge in [0.2, 0.25) is 0 Å². The molecule has 2 heterocycles. The van der Waals surface area contributed by atoms with E-state index in [0.29, 0.717) is 11.6 Å². The van der Waals surface area contributed by atoms with E-state index in [0.717, 1.165) is 23.0 Å². The number of aliphatic hydroxyl groups excluding tert-OH is 1. The van der Waals surface area contributed by atoms with Crippen LogP contribution in [0.15, 0.2) is 48.9 Å². The van der Waals surface area contributed by atoms with Gasteiger partial charge in [0.15, 0.2) is 5.69 Å². The predicted molar refractivity (Wildman–Crippen MR) is 83.4 cm³/mol. The van der Waals surface area contributed by atoms with Crippen molar-refractivity contribution in [2.24, 2.45) is 0 Å². The van der Waals surface area contributed by atoms with E-state index < -0.39 is 22.7 Å². The van der Waals surface area contributed by atoms with Gasteiger partial charge in [-0.1, -0.05) is 6.07 Å². The van der Waals surface area contributed by atoms with Crippen molar-refractivity contribution in [2.45, 2.75) is 12.6 Å². The van der Waals surface area contributed by atoms with Crippen LogP contribution >= 0.6 is 0 Å². The summed E-state index contributed by atoms with van der Waals surface area (Å²) in [5, 5.41) is 25.5. The molecule has 2 aromatic heterocycles. The van der Waals surface area contributed by atoms with Crippen LogP contribution in [0.3, 0.4) is 0 Å². The Hall–Kier alpha value is -3.20. The molecule has 128 valence electrons. The van der Waals surface area contributed by atoms with Gasteiger partial charge in [0, 0.05) is 29.6 Å². The highest BCUT2D eigenvalue weighted by molar-refractivity contribution is 5.68. The molecular formula is C16H12F2N4O3. The molecule has 1 unspecified atom stereocenters. The van der Waals surface area contributed by atoms with Crippen LogP contribution in [-0.2, 0) is 6.54 Å². The zero-order valence-corrected chi connectivity index (χ0v) is 12.7. The maximum atomic E-state index is 13.7. The molecule has 1 N–H and O–H groups in total. The summed E-state index contributed by atoms with van der Waals surface area (Å²) in [7, 11) is 0. The minimum atomic E-state index is -1.34. The fourth-order valence-electron chi connectivity index (χ4n) is 2.40. The molecule has 0 bridgehead atoms. The predicted octanol–water partition coefficient (Wildman–Crippen LogP) is 2.87. The number of nitrogens with zero attached hydrogens (tertiary/aromatic N) is 4. The van der Waals surface area contributed by atoms with E-state index in [-0.39, 0.29) is 23.5 Å². The van der Waals surface area contributed by atoms with Crippen molar-refractivity contribution in [1.29, 1.82) is 0 Å². The molecule has 1 atom stereocenters. The average molecular weight is 346 g/mol. The lowest BCUT2D eigenvalue weighted by Crippen LogP contribution is -2.11. The molecule has 0 amide bonds. The van der Waals surface area contributed by atoms with Crippen LogP contribution < -0.4 is 0 Å². The summed E-state index contributed by atoms with van der Waals surface area (Å²) < 4.78 is 27.8. The zero-order valence-electron chi connectivity index (χ0n) is 12.7. The van der Waals surface area contributed by atoms with Gasteiger partial charge >= 0.3 is 5.69 Å². The molecule has 9 heteroatoms. The summed E-state index contributed by atoms with van der Waals surface area (Å²) >= 11 is 0. The molecule has 0 aliphatic heterocycles. The lowest BCUT2D eigenvalue weighted by Gasteiger charge is -2.11. The molecule has 0 aliphatic rings. The summed E-state index contributed by atoms with van der Waals surface area (Å²) in [6.07, 6.45) is 2.76. The van der Waals surface area contributed by atoms with Gasteiger partial charge < -0.3 is 5.11 Å². The average Bonchev–Trinajstić information content (AvgIpc) is 2.99. The number of benzene rings is 1. The first kappa shape index (κ1) is 16.7. The molecule has 3 rings (SSSR count).